The van der Waals surface area contributed by atoms with Gasteiger partial charge in [-0.05, 0) is 18.2 Å². The summed E-state index contributed by atoms with van der Waals surface area (Å²) in [5, 5.41) is 20.1. The second-order valence-corrected chi connectivity index (χ2v) is 4.53. The van der Waals surface area contributed by atoms with Crippen molar-refractivity contribution >= 4 is 42.7 Å². The van der Waals surface area contributed by atoms with E-state index >= 15 is 0 Å². The highest BCUT2D eigenvalue weighted by Crippen LogP contribution is 2.35. The molecule has 0 aliphatic carbocycles. The predicted molar refractivity (Wildman–Crippen MR) is 62.4 cm³/mol. The number of hydrogen-bond acceptors (Lipinski definition) is 5. The van der Waals surface area contributed by atoms with E-state index in [1.807, 2.05) is 18.2 Å². The lowest BCUT2D eigenvalue weighted by Gasteiger charge is -1.88. The Kier molecular flexibility index (Phi) is 1.39. The maximum atomic E-state index is 4.17. The van der Waals surface area contributed by atoms with Crippen molar-refractivity contribution in [1.82, 2.24) is 25.6 Å². The van der Waals surface area contributed by atoms with Crippen LogP contribution in [0.5, 0.6) is 0 Å². The summed E-state index contributed by atoms with van der Waals surface area (Å²) in [5.41, 5.74) is 2.72. The largest absolute Gasteiger partial charge is 0.197 e. The van der Waals surface area contributed by atoms with E-state index in [1.54, 1.807) is 17.5 Å². The maximum absolute atomic E-state index is 4.17. The number of nitrogens with one attached hydrogen (secondary N) is 1. The van der Waals surface area contributed by atoms with Crippen LogP contribution in [0.3, 0.4) is 0 Å². The number of rotatable bonds is 0. The second kappa shape index (κ2) is 2.73. The first-order chi connectivity index (χ1) is 7.93. The van der Waals surface area contributed by atoms with Gasteiger partial charge in [-0.15, -0.1) is 16.4 Å². The molecule has 3 aromatic heterocycles. The Hall–Kier alpha value is -2.08. The molecule has 0 saturated heterocycles. The number of hydrogen-bond donors (Lipinski definition) is 1. The Morgan fingerprint density at radius 1 is 1.06 bits per heavy atom. The molecule has 0 amide bonds. The van der Waals surface area contributed by atoms with Crippen LogP contribution >= 0.6 is 11.3 Å². The molecule has 5 nitrogen and oxygen atoms in total. The van der Waals surface area contributed by atoms with Gasteiger partial charge in [0.1, 0.15) is 16.6 Å². The van der Waals surface area contributed by atoms with E-state index in [4.69, 9.17) is 0 Å². The van der Waals surface area contributed by atoms with E-state index in [0.29, 0.717) is 0 Å². The summed E-state index contributed by atoms with van der Waals surface area (Å²) in [5.74, 6) is 0. The van der Waals surface area contributed by atoms with Crippen LogP contribution in [0.4, 0.5) is 0 Å². The lowest BCUT2D eigenvalue weighted by atomic mass is 10.2. The van der Waals surface area contributed by atoms with Gasteiger partial charge in [0.05, 0.1) is 15.6 Å². The van der Waals surface area contributed by atoms with Crippen LogP contribution in [0, 0.1) is 0 Å². The highest BCUT2D eigenvalue weighted by atomic mass is 32.1. The molecule has 0 saturated carbocycles. The molecule has 0 spiro atoms. The Bertz CT molecular complexity index is 816. The van der Waals surface area contributed by atoms with E-state index in [9.17, 15) is 0 Å². The first-order valence-corrected chi connectivity index (χ1v) is 5.58. The van der Waals surface area contributed by atoms with Crippen molar-refractivity contribution in [2.75, 3.05) is 0 Å². The van der Waals surface area contributed by atoms with E-state index < -0.39 is 0 Å². The van der Waals surface area contributed by atoms with Gasteiger partial charge in [0.25, 0.3) is 0 Å². The molecule has 0 radical (unpaired) electrons. The molecule has 6 heteroatoms. The smallest absolute Gasteiger partial charge is 0.130 e. The van der Waals surface area contributed by atoms with Crippen LogP contribution in [-0.2, 0) is 0 Å². The summed E-state index contributed by atoms with van der Waals surface area (Å²) in [4.78, 5) is 0. The molecule has 4 rings (SSSR count). The number of aromatic nitrogens is 5. The molecule has 0 unspecified atom stereocenters. The Balaban J connectivity index is 2.38. The monoisotopic (exact) mass is 227 g/mol. The molecule has 4 aromatic rings. The van der Waals surface area contributed by atoms with E-state index in [0.717, 1.165) is 31.3 Å². The fourth-order valence-corrected chi connectivity index (χ4v) is 2.99. The molecule has 0 aliphatic rings. The molecule has 0 fully saturated rings. The van der Waals surface area contributed by atoms with Gasteiger partial charge in [0.2, 0.25) is 0 Å². The quantitative estimate of drug-likeness (QED) is 0.499. The summed E-state index contributed by atoms with van der Waals surface area (Å²) in [7, 11) is 0. The van der Waals surface area contributed by atoms with Crippen molar-refractivity contribution in [3.8, 4) is 0 Å². The first-order valence-electron chi connectivity index (χ1n) is 4.77. The van der Waals surface area contributed by atoms with Crippen molar-refractivity contribution in [2.45, 2.75) is 0 Å². The minimum atomic E-state index is 0.881. The zero-order valence-electron chi connectivity index (χ0n) is 8.01. The van der Waals surface area contributed by atoms with Crippen LogP contribution in [0.2, 0.25) is 0 Å². The zero-order valence-corrected chi connectivity index (χ0v) is 8.82. The van der Waals surface area contributed by atoms with Crippen LogP contribution in [0.25, 0.3) is 31.3 Å². The summed E-state index contributed by atoms with van der Waals surface area (Å²) < 4.78 is 2.24. The van der Waals surface area contributed by atoms with E-state index in [2.05, 4.69) is 25.6 Å². The van der Waals surface area contributed by atoms with Crippen LogP contribution < -0.4 is 0 Å². The number of benzene rings is 1. The Labute approximate surface area is 93.1 Å². The number of nitrogens with zero attached hydrogens (tertiary/aromatic N) is 4. The Morgan fingerprint density at radius 3 is 3.06 bits per heavy atom. The van der Waals surface area contributed by atoms with E-state index in [1.165, 1.54) is 0 Å². The fraction of sp³-hybridized carbons (Fsp3) is 0. The van der Waals surface area contributed by atoms with Gasteiger partial charge in [0, 0.05) is 5.39 Å². The van der Waals surface area contributed by atoms with Crippen molar-refractivity contribution in [3.63, 3.8) is 0 Å². The predicted octanol–water partition coefficient (Wildman–Crippen LogP) is 2.12. The highest BCUT2D eigenvalue weighted by molar-refractivity contribution is 7.26. The lowest BCUT2D eigenvalue weighted by molar-refractivity contribution is 0.960. The van der Waals surface area contributed by atoms with Crippen molar-refractivity contribution in [1.29, 1.82) is 0 Å². The number of aromatic amines is 1. The minimum absolute atomic E-state index is 0.881. The topological polar surface area (TPSA) is 67.3 Å². The molecular weight excluding hydrogens is 222 g/mol. The van der Waals surface area contributed by atoms with Crippen LogP contribution in [-0.4, -0.2) is 25.6 Å². The summed E-state index contributed by atoms with van der Waals surface area (Å²) in [6, 6.07) is 5.94. The molecule has 0 aliphatic heterocycles. The molecule has 76 valence electrons. The van der Waals surface area contributed by atoms with Crippen LogP contribution in [0.1, 0.15) is 0 Å². The van der Waals surface area contributed by atoms with E-state index in [-0.39, 0.29) is 0 Å². The van der Waals surface area contributed by atoms with Gasteiger partial charge >= 0.3 is 0 Å². The third-order valence-corrected chi connectivity index (χ3v) is 3.76. The molecule has 16 heavy (non-hydrogen) atoms. The third-order valence-electron chi connectivity index (χ3n) is 2.59. The van der Waals surface area contributed by atoms with Gasteiger partial charge < -0.3 is 0 Å². The third kappa shape index (κ3) is 0.892. The maximum Gasteiger partial charge on any atom is 0.130 e. The molecule has 0 atom stereocenters. The lowest BCUT2D eigenvalue weighted by Crippen LogP contribution is -1.77. The van der Waals surface area contributed by atoms with Crippen molar-refractivity contribution in [2.24, 2.45) is 0 Å². The summed E-state index contributed by atoms with van der Waals surface area (Å²) >= 11 is 1.67. The average molecular weight is 227 g/mol. The SMILES string of the molecule is c1cc2sc3c(ccc4n[nH]nc43)c2nn1. The molecule has 1 N–H and O–H groups in total. The molecule has 1 aromatic carbocycles. The standard InChI is InChI=1S/C10H5N5S/c1-2-6-9(14-15-12-6)10-5(1)8-7(16-10)3-4-11-13-8/h1-4H,(H,12,14,15). The summed E-state index contributed by atoms with van der Waals surface area (Å²) in [6.45, 7) is 0. The highest BCUT2D eigenvalue weighted by Gasteiger charge is 2.11. The Morgan fingerprint density at radius 2 is 2.06 bits per heavy atom. The molecule has 0 bridgehead atoms. The van der Waals surface area contributed by atoms with Gasteiger partial charge in [-0.1, -0.05) is 0 Å². The minimum Gasteiger partial charge on any atom is -0.197 e. The van der Waals surface area contributed by atoms with Gasteiger partial charge in [-0.2, -0.15) is 20.5 Å². The fourth-order valence-electron chi connectivity index (χ4n) is 1.88. The van der Waals surface area contributed by atoms with Crippen molar-refractivity contribution < 1.29 is 0 Å². The van der Waals surface area contributed by atoms with Gasteiger partial charge in [-0.3, -0.25) is 0 Å². The number of H-pyrrole nitrogens is 1. The second-order valence-electron chi connectivity index (χ2n) is 3.48. The average Bonchev–Trinajstić information content (AvgIpc) is 2.92. The number of fused-ring (bicyclic) bond motifs is 5. The first kappa shape index (κ1) is 8.12. The molecule has 3 heterocycles. The van der Waals surface area contributed by atoms with Crippen LogP contribution in [0.15, 0.2) is 24.4 Å². The molecular formula is C10H5N5S. The van der Waals surface area contributed by atoms with Gasteiger partial charge in [-0.25, -0.2) is 0 Å². The van der Waals surface area contributed by atoms with Crippen molar-refractivity contribution in [3.05, 3.63) is 24.4 Å². The van der Waals surface area contributed by atoms with Gasteiger partial charge in [0.15, 0.2) is 0 Å². The summed E-state index contributed by atoms with van der Waals surface area (Å²) in [6.07, 6.45) is 1.71. The zero-order chi connectivity index (χ0) is 10.5. The normalized spacial score (nSPS) is 11.8. The number of thiophene rings is 1.